The molecule has 2 saturated carbocycles. The molecule has 2 aliphatic rings. The first kappa shape index (κ1) is 27.3. The van der Waals surface area contributed by atoms with E-state index in [1.165, 1.54) is 18.1 Å². The number of nitrogens with two attached hydrogens (primary N) is 1. The molecule has 2 heterocycles. The number of imidazole rings is 1. The Morgan fingerprint density at radius 1 is 1.31 bits per heavy atom. The van der Waals surface area contributed by atoms with Gasteiger partial charge in [-0.15, -0.1) is 28.0 Å². The third-order valence-electron chi connectivity index (χ3n) is 6.48. The smallest absolute Gasteiger partial charge is 0.390 e. The minimum atomic E-state index is -2.02. The van der Waals surface area contributed by atoms with Crippen LogP contribution in [0.2, 0.25) is 5.28 Å². The molecule has 11 nitrogen and oxygen atoms in total. The van der Waals surface area contributed by atoms with Gasteiger partial charge in [-0.3, -0.25) is 0 Å². The lowest BCUT2D eigenvalue weighted by molar-refractivity contribution is -0.0132. The number of nitrogens with zero attached hydrogens (tertiary/aromatic N) is 4. The van der Waals surface area contributed by atoms with Gasteiger partial charge < -0.3 is 30.4 Å². The summed E-state index contributed by atoms with van der Waals surface area (Å²) >= 11 is 8.93. The summed E-state index contributed by atoms with van der Waals surface area (Å²) in [5, 5.41) is 30.9. The molecule has 15 heteroatoms. The van der Waals surface area contributed by atoms with Gasteiger partial charge in [-0.1, -0.05) is 0 Å². The number of thioether (sulfide) groups is 2. The molecule has 8 atom stereocenters. The lowest BCUT2D eigenvalue weighted by atomic mass is 10.0. The van der Waals surface area contributed by atoms with Crippen molar-refractivity contribution in [2.75, 3.05) is 36.6 Å². The summed E-state index contributed by atoms with van der Waals surface area (Å²) in [5.41, 5.74) is 5.53. The fraction of sp³-hybridized carbons (Fsp3) is 0.750. The molecule has 4 rings (SSSR count). The van der Waals surface area contributed by atoms with Crippen LogP contribution in [-0.2, 0) is 13.8 Å². The molecule has 2 fully saturated rings. The Balaban J connectivity index is 1.28. The quantitative estimate of drug-likeness (QED) is 0.121. The maximum Gasteiger partial charge on any atom is 0.508 e. The number of nitrogen functional groups attached to an aromatic ring is 1. The molecule has 2 aromatic rings. The first-order chi connectivity index (χ1) is 16.6. The first-order valence-electron chi connectivity index (χ1n) is 11.3. The number of hydrogen-bond donors (Lipinski definition) is 4. The van der Waals surface area contributed by atoms with Crippen molar-refractivity contribution >= 4 is 60.1 Å². The van der Waals surface area contributed by atoms with E-state index in [2.05, 4.69) is 15.0 Å². The van der Waals surface area contributed by atoms with Crippen LogP contribution in [0.5, 0.6) is 0 Å². The van der Waals surface area contributed by atoms with Crippen molar-refractivity contribution in [2.24, 2.45) is 11.3 Å². The predicted molar refractivity (Wildman–Crippen MR) is 137 cm³/mol. The molecule has 0 aromatic carbocycles. The molecule has 2 aromatic heterocycles. The van der Waals surface area contributed by atoms with Crippen LogP contribution < -0.4 is 5.73 Å². The van der Waals surface area contributed by atoms with Crippen molar-refractivity contribution in [3.05, 3.63) is 11.6 Å². The number of halogens is 1. The minimum Gasteiger partial charge on any atom is -0.390 e. The number of ether oxygens (including phenoxy) is 1. The van der Waals surface area contributed by atoms with Gasteiger partial charge in [0, 0.05) is 11.5 Å². The van der Waals surface area contributed by atoms with Gasteiger partial charge in [0.1, 0.15) is 23.7 Å². The molecule has 0 aliphatic heterocycles. The Morgan fingerprint density at radius 3 is 2.80 bits per heavy atom. The second kappa shape index (κ2) is 11.3. The average Bonchev–Trinajstić information content (AvgIpc) is 3.26. The van der Waals surface area contributed by atoms with Crippen LogP contribution in [-0.4, -0.2) is 88.8 Å². The summed E-state index contributed by atoms with van der Waals surface area (Å²) in [7, 11) is -2.02. The van der Waals surface area contributed by atoms with Gasteiger partial charge in [0.05, 0.1) is 35.9 Å². The molecule has 3 unspecified atom stereocenters. The maximum absolute atomic E-state index is 12.7. The van der Waals surface area contributed by atoms with Crippen molar-refractivity contribution in [1.29, 1.82) is 0 Å². The van der Waals surface area contributed by atoms with E-state index in [9.17, 15) is 19.9 Å². The predicted octanol–water partition coefficient (Wildman–Crippen LogP) is 2.27. The number of aromatic nitrogens is 4. The molecular weight excluding hydrogens is 537 g/mol. The van der Waals surface area contributed by atoms with E-state index in [4.69, 9.17) is 26.6 Å². The highest BCUT2D eigenvalue weighted by Crippen LogP contribution is 2.70. The molecule has 0 bridgehead atoms. The molecule has 0 radical (unpaired) electrons. The van der Waals surface area contributed by atoms with E-state index >= 15 is 0 Å². The molecule has 0 saturated heterocycles. The molecule has 5 N–H and O–H groups in total. The summed E-state index contributed by atoms with van der Waals surface area (Å²) < 4.78 is 25.6. The van der Waals surface area contributed by atoms with Crippen LogP contribution in [0.25, 0.3) is 11.2 Å². The van der Waals surface area contributed by atoms with E-state index in [1.54, 1.807) is 23.3 Å². The van der Waals surface area contributed by atoms with Crippen LogP contribution in [0, 0.1) is 11.3 Å². The number of fused-ring (bicyclic) bond motifs is 2. The zero-order valence-corrected chi connectivity index (χ0v) is 22.6. The van der Waals surface area contributed by atoms with E-state index < -0.39 is 37.1 Å². The van der Waals surface area contributed by atoms with E-state index in [0.717, 1.165) is 0 Å². The van der Waals surface area contributed by atoms with Crippen molar-refractivity contribution in [3.8, 4) is 0 Å². The van der Waals surface area contributed by atoms with Crippen LogP contribution in [0.4, 0.5) is 5.82 Å². The SMILES string of the molecule is CC(O)SCCOC(C)SCCO[P+](=O)C[C@]12C[C@@H]1[C@@H](n1cnc3c(N)nc(Cl)nc31)[C@H](O)[C@@H]2O. The van der Waals surface area contributed by atoms with Gasteiger partial charge in [-0.05, 0) is 42.4 Å². The van der Waals surface area contributed by atoms with Gasteiger partial charge in [0.25, 0.3) is 0 Å². The van der Waals surface area contributed by atoms with E-state index in [-0.39, 0.29) is 28.6 Å². The molecular formula is C20H30ClN5O6PS2+. The van der Waals surface area contributed by atoms with Gasteiger partial charge in [-0.2, -0.15) is 9.97 Å². The topological polar surface area (TPSA) is 166 Å². The van der Waals surface area contributed by atoms with Gasteiger partial charge in [0.2, 0.25) is 5.28 Å². The molecule has 2 aliphatic carbocycles. The first-order valence-corrected chi connectivity index (χ1v) is 15.1. The van der Waals surface area contributed by atoms with E-state index in [0.29, 0.717) is 42.3 Å². The highest BCUT2D eigenvalue weighted by atomic mass is 35.5. The Labute approximate surface area is 217 Å². The van der Waals surface area contributed by atoms with Gasteiger partial charge >= 0.3 is 8.03 Å². The summed E-state index contributed by atoms with van der Waals surface area (Å²) in [4.78, 5) is 12.4. The van der Waals surface area contributed by atoms with Crippen LogP contribution in [0.15, 0.2) is 6.33 Å². The third kappa shape index (κ3) is 5.89. The highest BCUT2D eigenvalue weighted by Gasteiger charge is 2.74. The molecule has 35 heavy (non-hydrogen) atoms. The maximum atomic E-state index is 12.7. The standard InChI is InChI=1S/C20H30ClN5O6PS2/c1-10(27)34-5-3-31-11(2)35-6-4-32-33(30)8-20-7-12(20)14(15(28)16(20)29)26-9-23-13-17(22)24-19(21)25-18(13)26/h9-12,14-16,27-29H,3-8H2,1-2H3,(H2,22,24,25)/q+1/t10?,11?,12-,14-,15+,16+,20-/m1/s1. The van der Waals surface area contributed by atoms with Crippen molar-refractivity contribution in [3.63, 3.8) is 0 Å². The lowest BCUT2D eigenvalue weighted by Crippen LogP contribution is -2.35. The fourth-order valence-electron chi connectivity index (χ4n) is 4.80. The zero-order chi connectivity index (χ0) is 25.3. The van der Waals surface area contributed by atoms with Crippen molar-refractivity contribution in [2.45, 2.75) is 49.4 Å². The van der Waals surface area contributed by atoms with Gasteiger partial charge in [-0.25, -0.2) is 4.98 Å². The van der Waals surface area contributed by atoms with Gasteiger partial charge in [0.15, 0.2) is 17.6 Å². The minimum absolute atomic E-state index is 0.0282. The lowest BCUT2D eigenvalue weighted by Gasteiger charge is -2.23. The Morgan fingerprint density at radius 2 is 2.06 bits per heavy atom. The third-order valence-corrected chi connectivity index (χ3v) is 9.86. The average molecular weight is 567 g/mol. The van der Waals surface area contributed by atoms with Crippen LogP contribution in [0.1, 0.15) is 26.3 Å². The number of anilines is 1. The van der Waals surface area contributed by atoms with Crippen molar-refractivity contribution < 1.29 is 29.1 Å². The monoisotopic (exact) mass is 566 g/mol. The molecule has 0 amide bonds. The molecule has 0 spiro atoms. The second-order valence-electron chi connectivity index (χ2n) is 8.78. The summed E-state index contributed by atoms with van der Waals surface area (Å²) in [5.74, 6) is 1.36. The largest absolute Gasteiger partial charge is 0.508 e. The number of hydrogen-bond acceptors (Lipinski definition) is 12. The normalized spacial score (nSPS) is 29.8. The highest BCUT2D eigenvalue weighted by molar-refractivity contribution is 8.00. The van der Waals surface area contributed by atoms with E-state index in [1.807, 2.05) is 6.92 Å². The Hall–Kier alpha value is -0.760. The Kier molecular flexibility index (Phi) is 8.82. The summed E-state index contributed by atoms with van der Waals surface area (Å²) in [6.45, 7) is 4.49. The number of aliphatic hydroxyl groups is 3. The zero-order valence-electron chi connectivity index (χ0n) is 19.4. The van der Waals surface area contributed by atoms with Crippen molar-refractivity contribution in [1.82, 2.24) is 19.5 Å². The summed E-state index contributed by atoms with van der Waals surface area (Å²) in [6, 6.07) is -0.496. The van der Waals surface area contributed by atoms with Crippen LogP contribution >= 0.6 is 43.2 Å². The fourth-order valence-corrected chi connectivity index (χ4v) is 7.75. The Bertz CT molecular complexity index is 1070. The second-order valence-corrected chi connectivity index (χ2v) is 13.2. The molecule has 194 valence electrons. The number of rotatable bonds is 13. The number of aliphatic hydroxyl groups excluding tert-OH is 3. The van der Waals surface area contributed by atoms with Crippen LogP contribution in [0.3, 0.4) is 0 Å². The summed E-state index contributed by atoms with van der Waals surface area (Å²) in [6.07, 6.45) is 0.165.